The molecule has 6 nitrogen and oxygen atoms in total. The molecular weight excluding hydrogens is 377 g/mol. The number of halogens is 2. The van der Waals surface area contributed by atoms with Crippen LogP contribution >= 0.6 is 23.2 Å². The summed E-state index contributed by atoms with van der Waals surface area (Å²) in [7, 11) is 1.60. The maximum atomic E-state index is 12.3. The van der Waals surface area contributed by atoms with Crippen LogP contribution in [0.25, 0.3) is 0 Å². The van der Waals surface area contributed by atoms with Gasteiger partial charge >= 0.3 is 0 Å². The number of hydrogen-bond acceptors (Lipinski definition) is 4. The van der Waals surface area contributed by atoms with Gasteiger partial charge in [0.1, 0.15) is 11.5 Å². The van der Waals surface area contributed by atoms with Crippen LogP contribution in [0, 0.1) is 0 Å². The van der Waals surface area contributed by atoms with Crippen LogP contribution in [0.15, 0.2) is 54.7 Å². The fourth-order valence-corrected chi connectivity index (χ4v) is 2.65. The summed E-state index contributed by atoms with van der Waals surface area (Å²) >= 11 is 12.1. The van der Waals surface area contributed by atoms with Crippen molar-refractivity contribution in [1.82, 2.24) is 9.78 Å². The van der Waals surface area contributed by atoms with Gasteiger partial charge in [-0.25, -0.2) is 4.68 Å². The molecule has 3 aromatic rings. The standard InChI is InChI=1S/C18H15Cl2N3O3/c1-25-12-5-7-13(8-6-12)26-11-23-10-9-16(22-23)18(24)21-17-14(19)3-2-4-15(17)20/h2-10H,11H2,1H3,(H,21,24). The Kier molecular flexibility index (Phi) is 5.65. The summed E-state index contributed by atoms with van der Waals surface area (Å²) in [6.45, 7) is 0.159. The lowest BCUT2D eigenvalue weighted by Crippen LogP contribution is -2.14. The van der Waals surface area contributed by atoms with Gasteiger partial charge in [0.05, 0.1) is 22.8 Å². The van der Waals surface area contributed by atoms with E-state index >= 15 is 0 Å². The molecule has 26 heavy (non-hydrogen) atoms. The van der Waals surface area contributed by atoms with Gasteiger partial charge in [-0.1, -0.05) is 29.3 Å². The Balaban J connectivity index is 1.62. The smallest absolute Gasteiger partial charge is 0.276 e. The number of carbonyl (C=O) groups is 1. The van der Waals surface area contributed by atoms with Crippen LogP contribution in [-0.2, 0) is 6.73 Å². The number of aromatic nitrogens is 2. The molecule has 0 saturated heterocycles. The Morgan fingerprint density at radius 3 is 2.38 bits per heavy atom. The third-order valence-electron chi connectivity index (χ3n) is 3.50. The summed E-state index contributed by atoms with van der Waals surface area (Å²) in [5.74, 6) is 0.993. The van der Waals surface area contributed by atoms with Crippen LogP contribution in [0.2, 0.25) is 10.0 Å². The normalized spacial score (nSPS) is 10.4. The van der Waals surface area contributed by atoms with Gasteiger partial charge in [-0.3, -0.25) is 4.79 Å². The topological polar surface area (TPSA) is 65.4 Å². The first-order valence-electron chi connectivity index (χ1n) is 7.62. The number of methoxy groups -OCH3 is 1. The second kappa shape index (κ2) is 8.12. The van der Waals surface area contributed by atoms with E-state index in [1.807, 2.05) is 0 Å². The zero-order chi connectivity index (χ0) is 18.5. The van der Waals surface area contributed by atoms with E-state index in [1.165, 1.54) is 4.68 Å². The zero-order valence-electron chi connectivity index (χ0n) is 13.8. The van der Waals surface area contributed by atoms with Crippen molar-refractivity contribution < 1.29 is 14.3 Å². The lowest BCUT2D eigenvalue weighted by atomic mass is 10.3. The molecular formula is C18H15Cl2N3O3. The van der Waals surface area contributed by atoms with E-state index in [0.29, 0.717) is 21.5 Å². The number of carbonyl (C=O) groups excluding carboxylic acids is 1. The van der Waals surface area contributed by atoms with E-state index in [2.05, 4.69) is 10.4 Å². The van der Waals surface area contributed by atoms with Gasteiger partial charge in [-0.2, -0.15) is 5.10 Å². The largest absolute Gasteiger partial charge is 0.497 e. The quantitative estimate of drug-likeness (QED) is 0.672. The maximum Gasteiger partial charge on any atom is 0.276 e. The fraction of sp³-hybridized carbons (Fsp3) is 0.111. The number of anilines is 1. The van der Waals surface area contributed by atoms with E-state index in [9.17, 15) is 4.79 Å². The number of nitrogens with one attached hydrogen (secondary N) is 1. The summed E-state index contributed by atoms with van der Waals surface area (Å²) < 4.78 is 12.2. The summed E-state index contributed by atoms with van der Waals surface area (Å²) in [4.78, 5) is 12.3. The number of ether oxygens (including phenoxy) is 2. The average molecular weight is 392 g/mol. The molecule has 3 rings (SSSR count). The van der Waals surface area contributed by atoms with Gasteiger partial charge in [0.15, 0.2) is 12.4 Å². The highest BCUT2D eigenvalue weighted by atomic mass is 35.5. The van der Waals surface area contributed by atoms with Crippen molar-refractivity contribution in [3.63, 3.8) is 0 Å². The van der Waals surface area contributed by atoms with Gasteiger partial charge in [-0.05, 0) is 42.5 Å². The van der Waals surface area contributed by atoms with Crippen LogP contribution in [0.3, 0.4) is 0 Å². The number of rotatable bonds is 6. The van der Waals surface area contributed by atoms with E-state index in [0.717, 1.165) is 5.75 Å². The van der Waals surface area contributed by atoms with E-state index < -0.39 is 5.91 Å². The monoisotopic (exact) mass is 391 g/mol. The van der Waals surface area contributed by atoms with Gasteiger partial charge in [0, 0.05) is 6.20 Å². The van der Waals surface area contributed by atoms with Crippen molar-refractivity contribution in [2.75, 3.05) is 12.4 Å². The highest BCUT2D eigenvalue weighted by Crippen LogP contribution is 2.30. The molecule has 0 aliphatic heterocycles. The molecule has 1 amide bonds. The van der Waals surface area contributed by atoms with Crippen LogP contribution in [0.1, 0.15) is 10.5 Å². The van der Waals surface area contributed by atoms with Gasteiger partial charge in [0.25, 0.3) is 5.91 Å². The Morgan fingerprint density at radius 2 is 1.73 bits per heavy atom. The molecule has 8 heteroatoms. The summed E-state index contributed by atoms with van der Waals surface area (Å²) in [6.07, 6.45) is 1.65. The van der Waals surface area contributed by atoms with Crippen molar-refractivity contribution in [1.29, 1.82) is 0 Å². The molecule has 0 saturated carbocycles. The van der Waals surface area contributed by atoms with Crippen LogP contribution in [-0.4, -0.2) is 22.8 Å². The van der Waals surface area contributed by atoms with E-state index in [4.69, 9.17) is 32.7 Å². The number of para-hydroxylation sites is 1. The molecule has 0 radical (unpaired) electrons. The zero-order valence-corrected chi connectivity index (χ0v) is 15.3. The van der Waals surface area contributed by atoms with Crippen molar-refractivity contribution in [2.45, 2.75) is 6.73 Å². The average Bonchev–Trinajstić information content (AvgIpc) is 3.12. The Labute approximate surface area is 160 Å². The molecule has 1 N–H and O–H groups in total. The van der Waals surface area contributed by atoms with Crippen molar-refractivity contribution in [3.8, 4) is 11.5 Å². The molecule has 1 heterocycles. The van der Waals surface area contributed by atoms with E-state index in [1.54, 1.807) is 61.8 Å². The summed E-state index contributed by atoms with van der Waals surface area (Å²) in [6, 6.07) is 13.7. The number of benzene rings is 2. The second-order valence-corrected chi connectivity index (χ2v) is 6.05. The molecule has 0 aliphatic carbocycles. The minimum Gasteiger partial charge on any atom is -0.497 e. The lowest BCUT2D eigenvalue weighted by molar-refractivity contribution is 0.102. The van der Waals surface area contributed by atoms with E-state index in [-0.39, 0.29) is 12.4 Å². The highest BCUT2D eigenvalue weighted by molar-refractivity contribution is 6.39. The minimum atomic E-state index is -0.414. The summed E-state index contributed by atoms with van der Waals surface area (Å²) in [5.41, 5.74) is 0.573. The number of hydrogen-bond donors (Lipinski definition) is 1. The first kappa shape index (κ1) is 18.1. The predicted molar refractivity (Wildman–Crippen MR) is 100 cm³/mol. The van der Waals surface area contributed by atoms with Crippen molar-refractivity contribution in [2.24, 2.45) is 0 Å². The minimum absolute atomic E-state index is 0.159. The number of nitrogens with zero attached hydrogens (tertiary/aromatic N) is 2. The Morgan fingerprint density at radius 1 is 1.08 bits per heavy atom. The molecule has 0 unspecified atom stereocenters. The SMILES string of the molecule is COc1ccc(OCn2ccc(C(=O)Nc3c(Cl)cccc3Cl)n2)cc1. The van der Waals surface area contributed by atoms with Crippen LogP contribution in [0.4, 0.5) is 5.69 Å². The molecule has 1 aromatic heterocycles. The first-order valence-corrected chi connectivity index (χ1v) is 8.38. The van der Waals surface area contributed by atoms with Crippen molar-refractivity contribution >= 4 is 34.8 Å². The lowest BCUT2D eigenvalue weighted by Gasteiger charge is -2.08. The molecule has 2 aromatic carbocycles. The summed E-state index contributed by atoms with van der Waals surface area (Å²) in [5, 5.41) is 7.55. The predicted octanol–water partition coefficient (Wildman–Crippen LogP) is 4.49. The maximum absolute atomic E-state index is 12.3. The van der Waals surface area contributed by atoms with Gasteiger partial charge in [0.2, 0.25) is 0 Å². The molecule has 0 spiro atoms. The number of amides is 1. The van der Waals surface area contributed by atoms with Crippen LogP contribution in [0.5, 0.6) is 11.5 Å². The fourth-order valence-electron chi connectivity index (χ4n) is 2.16. The second-order valence-electron chi connectivity index (χ2n) is 5.24. The van der Waals surface area contributed by atoms with Gasteiger partial charge in [-0.15, -0.1) is 0 Å². The third-order valence-corrected chi connectivity index (χ3v) is 4.13. The molecule has 0 atom stereocenters. The van der Waals surface area contributed by atoms with Crippen LogP contribution < -0.4 is 14.8 Å². The Hall–Kier alpha value is -2.70. The molecule has 0 aliphatic rings. The Bertz CT molecular complexity index is 890. The molecule has 0 fully saturated rings. The molecule has 0 bridgehead atoms. The van der Waals surface area contributed by atoms with Crippen molar-refractivity contribution in [3.05, 3.63) is 70.5 Å². The first-order chi connectivity index (χ1) is 12.6. The highest BCUT2D eigenvalue weighted by Gasteiger charge is 2.14. The van der Waals surface area contributed by atoms with Gasteiger partial charge < -0.3 is 14.8 Å². The third kappa shape index (κ3) is 4.28. The molecule has 134 valence electrons.